The maximum atomic E-state index is 8.50. The summed E-state index contributed by atoms with van der Waals surface area (Å²) in [4.78, 5) is 3.78. The van der Waals surface area contributed by atoms with Crippen LogP contribution in [0.3, 0.4) is 0 Å². The largest absolute Gasteiger partial charge is 0.265 e. The first-order valence-electron chi connectivity index (χ1n) is 2.02. The van der Waals surface area contributed by atoms with Gasteiger partial charge in [-0.15, -0.1) is 0 Å². The van der Waals surface area contributed by atoms with Crippen molar-refractivity contribution < 1.29 is 9.84 Å². The molecule has 0 unspecified atom stereocenters. The average Bonchev–Trinajstić information content (AvgIpc) is 1.96. The van der Waals surface area contributed by atoms with Gasteiger partial charge in [-0.1, -0.05) is 10.6 Å². The molecule has 0 aliphatic carbocycles. The molecule has 0 saturated carbocycles. The Morgan fingerprint density at radius 1 is 1.00 bits per heavy atom. The summed E-state index contributed by atoms with van der Waals surface area (Å²) < 4.78 is 8.50. The molecule has 0 aliphatic heterocycles. The summed E-state index contributed by atoms with van der Waals surface area (Å²) in [5, 5.41) is 5.50. The zero-order valence-corrected chi connectivity index (χ0v) is 4.16. The maximum Gasteiger partial charge on any atom is 0.0267 e. The molecule has 1 rings (SSSR count). The second-order valence-corrected chi connectivity index (χ2v) is 1.02. The molecule has 0 spiro atoms. The first-order valence-corrected chi connectivity index (χ1v) is 2.02. The van der Waals surface area contributed by atoms with Gasteiger partial charge in [0.05, 0.1) is 0 Å². The summed E-state index contributed by atoms with van der Waals surface area (Å²) in [6, 6.07) is 5.72. The highest BCUT2D eigenvalue weighted by Crippen LogP contribution is 1.73. The zero-order chi connectivity index (χ0) is 6.24. The Bertz CT molecular complexity index is 84.4. The number of pyridine rings is 1. The van der Waals surface area contributed by atoms with E-state index in [9.17, 15) is 0 Å². The fraction of sp³-hybridized carbons (Fsp3) is 0. The van der Waals surface area contributed by atoms with Gasteiger partial charge < -0.3 is 0 Å². The molecule has 1 aromatic rings. The van der Waals surface area contributed by atoms with E-state index >= 15 is 0 Å². The van der Waals surface area contributed by atoms with Gasteiger partial charge in [-0.2, -0.15) is 0 Å². The van der Waals surface area contributed by atoms with Gasteiger partial charge >= 0.3 is 0 Å². The van der Waals surface area contributed by atoms with Gasteiger partial charge in [-0.3, -0.25) is 4.98 Å². The maximum absolute atomic E-state index is 8.50. The lowest BCUT2D eigenvalue weighted by molar-refractivity contribution is -0.0441. The second kappa shape index (κ2) is 6.04. The van der Waals surface area contributed by atoms with Crippen LogP contribution in [0.15, 0.2) is 30.6 Å². The number of halogens is 1. The Labute approximate surface area is 46.5 Å². The predicted octanol–water partition coefficient (Wildman–Crippen LogP) is 0.945. The molecular formula is C5H6FNO. The lowest BCUT2D eigenvalue weighted by Gasteiger charge is -1.70. The van der Waals surface area contributed by atoms with Crippen LogP contribution in [-0.4, -0.2) is 10.3 Å². The van der Waals surface area contributed by atoms with Crippen molar-refractivity contribution in [3.63, 3.8) is 0 Å². The Morgan fingerprint density at radius 2 is 1.50 bits per heavy atom. The first kappa shape index (κ1) is 7.04. The topological polar surface area (TPSA) is 33.1 Å². The lowest BCUT2D eigenvalue weighted by Crippen LogP contribution is -1.58. The van der Waals surface area contributed by atoms with Crippen LogP contribution < -0.4 is 0 Å². The van der Waals surface area contributed by atoms with E-state index in [0.717, 1.165) is 0 Å². The molecule has 0 saturated heterocycles. The van der Waals surface area contributed by atoms with E-state index < -0.39 is 0 Å². The zero-order valence-electron chi connectivity index (χ0n) is 4.16. The van der Waals surface area contributed by atoms with Crippen molar-refractivity contribution in [3.05, 3.63) is 30.6 Å². The molecule has 8 heavy (non-hydrogen) atoms. The summed E-state index contributed by atoms with van der Waals surface area (Å²) in [5.41, 5.74) is 0. The molecule has 0 aromatic carbocycles. The number of aromatic nitrogens is 1. The van der Waals surface area contributed by atoms with Crippen molar-refractivity contribution >= 4 is 0 Å². The van der Waals surface area contributed by atoms with Gasteiger partial charge in [0.1, 0.15) is 0 Å². The van der Waals surface area contributed by atoms with Crippen LogP contribution in [0, 0.1) is 0 Å². The highest BCUT2D eigenvalue weighted by atomic mass is 19.3. The lowest BCUT2D eigenvalue weighted by atomic mass is 10.5. The Morgan fingerprint density at radius 3 is 1.62 bits per heavy atom. The van der Waals surface area contributed by atoms with Crippen molar-refractivity contribution in [1.29, 1.82) is 0 Å². The highest BCUT2D eigenvalue weighted by Gasteiger charge is 1.58. The Balaban J connectivity index is 0.000000222. The van der Waals surface area contributed by atoms with Crippen molar-refractivity contribution in [2.24, 2.45) is 0 Å². The molecule has 44 valence electrons. The van der Waals surface area contributed by atoms with Crippen LogP contribution >= 0.6 is 0 Å². The van der Waals surface area contributed by atoms with Crippen molar-refractivity contribution in [2.45, 2.75) is 0 Å². The normalized spacial score (nSPS) is 6.75. The first-order chi connectivity index (χ1) is 4.00. The molecule has 0 bridgehead atoms. The minimum atomic E-state index is 1.75. The standard InChI is InChI=1S/C5H5N.FHO/c1-2-4-6-5-3-1;1-2/h1-5H;2H. The third kappa shape index (κ3) is 3.24. The van der Waals surface area contributed by atoms with Gasteiger partial charge in [-0.05, 0) is 12.1 Å². The van der Waals surface area contributed by atoms with Crippen LogP contribution in [0.4, 0.5) is 4.53 Å². The number of hydrogen-bond acceptors (Lipinski definition) is 2. The van der Waals surface area contributed by atoms with Gasteiger partial charge in [0, 0.05) is 12.4 Å². The van der Waals surface area contributed by atoms with Crippen molar-refractivity contribution in [3.8, 4) is 0 Å². The molecule has 0 fully saturated rings. The average molecular weight is 115 g/mol. The van der Waals surface area contributed by atoms with E-state index in [1.54, 1.807) is 12.4 Å². The van der Waals surface area contributed by atoms with Crippen LogP contribution in [0.2, 0.25) is 0 Å². The minimum absolute atomic E-state index is 1.75. The van der Waals surface area contributed by atoms with E-state index in [2.05, 4.69) is 4.98 Å². The summed E-state index contributed by atoms with van der Waals surface area (Å²) in [6.07, 6.45) is 3.50. The van der Waals surface area contributed by atoms with Crippen LogP contribution in [0.1, 0.15) is 0 Å². The van der Waals surface area contributed by atoms with Gasteiger partial charge in [-0.25, -0.2) is 5.31 Å². The predicted molar refractivity (Wildman–Crippen MR) is 27.6 cm³/mol. The molecule has 1 N–H and O–H groups in total. The van der Waals surface area contributed by atoms with E-state index in [1.807, 2.05) is 18.2 Å². The summed E-state index contributed by atoms with van der Waals surface area (Å²) in [5.74, 6) is 0. The molecule has 0 atom stereocenters. The van der Waals surface area contributed by atoms with Crippen molar-refractivity contribution in [1.82, 2.24) is 4.98 Å². The van der Waals surface area contributed by atoms with Crippen molar-refractivity contribution in [2.75, 3.05) is 0 Å². The smallest absolute Gasteiger partial charge is 0.0267 e. The molecule has 1 aromatic heterocycles. The molecule has 3 heteroatoms. The summed E-state index contributed by atoms with van der Waals surface area (Å²) in [6.45, 7) is 0. The quantitative estimate of drug-likeness (QED) is 0.546. The Hall–Kier alpha value is -0.960. The van der Waals surface area contributed by atoms with Crippen LogP contribution in [0.25, 0.3) is 0 Å². The monoisotopic (exact) mass is 115 g/mol. The molecule has 0 aliphatic rings. The third-order valence-electron chi connectivity index (χ3n) is 0.566. The molecule has 1 heterocycles. The van der Waals surface area contributed by atoms with E-state index in [-0.39, 0.29) is 0 Å². The number of rotatable bonds is 0. The van der Waals surface area contributed by atoms with E-state index in [4.69, 9.17) is 9.84 Å². The summed E-state index contributed by atoms with van der Waals surface area (Å²) >= 11 is 0. The number of nitrogens with zero attached hydrogens (tertiary/aromatic N) is 1. The summed E-state index contributed by atoms with van der Waals surface area (Å²) in [7, 11) is 0. The SMILES string of the molecule is OF.c1ccncc1. The minimum Gasteiger partial charge on any atom is -0.265 e. The van der Waals surface area contributed by atoms with E-state index in [1.165, 1.54) is 0 Å². The van der Waals surface area contributed by atoms with Gasteiger partial charge in [0.2, 0.25) is 0 Å². The Kier molecular flexibility index (Phi) is 5.32. The van der Waals surface area contributed by atoms with Crippen LogP contribution in [0.5, 0.6) is 0 Å². The fourth-order valence-corrected chi connectivity index (χ4v) is 0.313. The van der Waals surface area contributed by atoms with Crippen LogP contribution in [-0.2, 0) is 0 Å². The third-order valence-corrected chi connectivity index (χ3v) is 0.566. The van der Waals surface area contributed by atoms with E-state index in [0.29, 0.717) is 0 Å². The molecule has 2 nitrogen and oxygen atoms in total. The highest BCUT2D eigenvalue weighted by molar-refractivity contribution is 4.88. The number of hydrogen-bond donors (Lipinski definition) is 1. The molecule has 0 amide bonds. The molecule has 0 radical (unpaired) electrons. The second-order valence-electron chi connectivity index (χ2n) is 1.02. The molecular weight excluding hydrogens is 109 g/mol. The van der Waals surface area contributed by atoms with Gasteiger partial charge in [0.15, 0.2) is 0 Å². The van der Waals surface area contributed by atoms with Gasteiger partial charge in [0.25, 0.3) is 0 Å². The fourth-order valence-electron chi connectivity index (χ4n) is 0.313.